The van der Waals surface area contributed by atoms with Crippen LogP contribution in [0.3, 0.4) is 0 Å². The summed E-state index contributed by atoms with van der Waals surface area (Å²) in [6.07, 6.45) is 3.68. The van der Waals surface area contributed by atoms with E-state index in [1.54, 1.807) is 24.0 Å². The van der Waals surface area contributed by atoms with E-state index in [4.69, 9.17) is 9.47 Å². The molecule has 0 amide bonds. The van der Waals surface area contributed by atoms with E-state index in [2.05, 4.69) is 34.1 Å². The first kappa shape index (κ1) is 20.1. The Morgan fingerprint density at radius 1 is 0.970 bits per heavy atom. The topological polar surface area (TPSA) is 54.8 Å². The summed E-state index contributed by atoms with van der Waals surface area (Å²) in [5.74, 6) is 2.40. The fraction of sp³-hybridized carbons (Fsp3) is 0.148. The van der Waals surface area contributed by atoms with Crippen LogP contribution < -0.4 is 9.47 Å². The number of pyridine rings is 1. The highest BCUT2D eigenvalue weighted by atomic mass is 32.2. The predicted octanol–water partition coefficient (Wildman–Crippen LogP) is 6.11. The number of aromatic hydroxyl groups is 1. The van der Waals surface area contributed by atoms with Crippen LogP contribution in [0.2, 0.25) is 0 Å². The molecule has 164 valence electrons. The average Bonchev–Trinajstić information content (AvgIpc) is 3.05. The molecule has 4 aromatic rings. The Balaban J connectivity index is 1.36. The Labute approximate surface area is 196 Å². The number of benzene rings is 3. The average molecular weight is 455 g/mol. The van der Waals surface area contributed by atoms with Gasteiger partial charge in [-0.1, -0.05) is 42.1 Å². The van der Waals surface area contributed by atoms with Gasteiger partial charge in [0.05, 0.1) is 9.79 Å². The second kappa shape index (κ2) is 8.46. The van der Waals surface area contributed by atoms with Gasteiger partial charge in [-0.3, -0.25) is 9.88 Å². The van der Waals surface area contributed by atoms with Crippen LogP contribution in [0.5, 0.6) is 23.0 Å². The van der Waals surface area contributed by atoms with Crippen molar-refractivity contribution in [2.75, 3.05) is 13.2 Å². The standard InChI is InChI=1S/C27H22N2O3S/c30-22-14-19(21-6-3-9-25-27(21)32-23-7-1-2-8-24(23)33-25)13-20-17-29(11-12-31-26(20)22)16-18-5-4-10-28-15-18/h1-10,13-15,30H,11-12,16-17H2. The van der Waals surface area contributed by atoms with E-state index in [0.717, 1.165) is 56.6 Å². The summed E-state index contributed by atoms with van der Waals surface area (Å²) in [4.78, 5) is 8.71. The van der Waals surface area contributed by atoms with Crippen molar-refractivity contribution in [1.29, 1.82) is 0 Å². The zero-order valence-corrected chi connectivity index (χ0v) is 18.7. The molecule has 3 aromatic carbocycles. The molecule has 0 bridgehead atoms. The highest BCUT2D eigenvalue weighted by Crippen LogP contribution is 2.51. The number of fused-ring (bicyclic) bond motifs is 3. The number of para-hydroxylation sites is 2. The Hall–Kier alpha value is -3.48. The maximum atomic E-state index is 10.9. The van der Waals surface area contributed by atoms with Gasteiger partial charge < -0.3 is 14.6 Å². The van der Waals surface area contributed by atoms with Crippen LogP contribution in [0, 0.1) is 0 Å². The van der Waals surface area contributed by atoms with E-state index in [1.165, 1.54) is 0 Å². The quantitative estimate of drug-likeness (QED) is 0.355. The normalized spacial score (nSPS) is 14.8. The van der Waals surface area contributed by atoms with Gasteiger partial charge in [-0.2, -0.15) is 0 Å². The van der Waals surface area contributed by atoms with Crippen LogP contribution in [0.15, 0.2) is 88.9 Å². The number of aromatic nitrogens is 1. The first-order valence-corrected chi connectivity index (χ1v) is 11.7. The van der Waals surface area contributed by atoms with E-state index >= 15 is 0 Å². The summed E-state index contributed by atoms with van der Waals surface area (Å²) >= 11 is 1.70. The Kier molecular flexibility index (Phi) is 5.17. The van der Waals surface area contributed by atoms with Crippen LogP contribution in [-0.4, -0.2) is 28.1 Å². The molecule has 3 heterocycles. The van der Waals surface area contributed by atoms with Crippen LogP contribution in [0.4, 0.5) is 0 Å². The van der Waals surface area contributed by atoms with Crippen molar-refractivity contribution in [2.45, 2.75) is 22.9 Å². The summed E-state index contributed by atoms with van der Waals surface area (Å²) < 4.78 is 12.3. The zero-order valence-electron chi connectivity index (χ0n) is 17.9. The number of hydrogen-bond acceptors (Lipinski definition) is 6. The fourth-order valence-corrected chi connectivity index (χ4v) is 5.35. The number of rotatable bonds is 3. The highest BCUT2D eigenvalue weighted by molar-refractivity contribution is 7.99. The third kappa shape index (κ3) is 3.92. The van der Waals surface area contributed by atoms with Gasteiger partial charge in [-0.25, -0.2) is 0 Å². The number of hydrogen-bond donors (Lipinski definition) is 1. The lowest BCUT2D eigenvalue weighted by Crippen LogP contribution is -2.25. The van der Waals surface area contributed by atoms with Gasteiger partial charge in [0.1, 0.15) is 18.1 Å². The van der Waals surface area contributed by atoms with Crippen molar-refractivity contribution < 1.29 is 14.6 Å². The molecule has 33 heavy (non-hydrogen) atoms. The molecule has 0 fully saturated rings. The Morgan fingerprint density at radius 2 is 1.88 bits per heavy atom. The Morgan fingerprint density at radius 3 is 2.79 bits per heavy atom. The molecule has 0 spiro atoms. The molecule has 1 N–H and O–H groups in total. The van der Waals surface area contributed by atoms with E-state index in [9.17, 15) is 5.11 Å². The van der Waals surface area contributed by atoms with Crippen molar-refractivity contribution in [3.8, 4) is 34.1 Å². The highest BCUT2D eigenvalue weighted by Gasteiger charge is 2.24. The molecular weight excluding hydrogens is 432 g/mol. The smallest absolute Gasteiger partial charge is 0.165 e. The van der Waals surface area contributed by atoms with Gasteiger partial charge in [-0.15, -0.1) is 0 Å². The summed E-state index contributed by atoms with van der Waals surface area (Å²) in [5.41, 5.74) is 3.99. The lowest BCUT2D eigenvalue weighted by atomic mass is 10.00. The summed E-state index contributed by atoms with van der Waals surface area (Å²) in [7, 11) is 0. The number of nitrogens with zero attached hydrogens (tertiary/aromatic N) is 2. The monoisotopic (exact) mass is 454 g/mol. The molecule has 0 radical (unpaired) electrons. The molecular formula is C27H22N2O3S. The largest absolute Gasteiger partial charge is 0.504 e. The van der Waals surface area contributed by atoms with Crippen molar-refractivity contribution in [3.05, 3.63) is 90.3 Å². The van der Waals surface area contributed by atoms with Crippen molar-refractivity contribution in [2.24, 2.45) is 0 Å². The van der Waals surface area contributed by atoms with Gasteiger partial charge in [0.2, 0.25) is 0 Å². The van der Waals surface area contributed by atoms with E-state index in [0.29, 0.717) is 18.9 Å². The van der Waals surface area contributed by atoms with Crippen molar-refractivity contribution in [3.63, 3.8) is 0 Å². The predicted molar refractivity (Wildman–Crippen MR) is 128 cm³/mol. The summed E-state index contributed by atoms with van der Waals surface area (Å²) in [5, 5.41) is 10.9. The Bertz CT molecular complexity index is 1330. The molecule has 6 heteroatoms. The van der Waals surface area contributed by atoms with Crippen molar-refractivity contribution >= 4 is 11.8 Å². The third-order valence-corrected chi connectivity index (χ3v) is 6.99. The molecule has 5 nitrogen and oxygen atoms in total. The second-order valence-electron chi connectivity index (χ2n) is 8.19. The molecule has 1 aromatic heterocycles. The van der Waals surface area contributed by atoms with Gasteiger partial charge in [0, 0.05) is 43.2 Å². The second-order valence-corrected chi connectivity index (χ2v) is 9.27. The minimum atomic E-state index is 0.159. The SMILES string of the molecule is Oc1cc(-c2cccc3c2Oc2ccccc2S3)cc2c1OCCN(Cc1cccnc1)C2. The summed E-state index contributed by atoms with van der Waals surface area (Å²) in [6.45, 7) is 2.76. The van der Waals surface area contributed by atoms with Crippen LogP contribution in [0.1, 0.15) is 11.1 Å². The molecule has 2 aliphatic heterocycles. The third-order valence-electron chi connectivity index (χ3n) is 5.89. The zero-order chi connectivity index (χ0) is 22.2. The maximum Gasteiger partial charge on any atom is 0.165 e. The van der Waals surface area contributed by atoms with Crippen LogP contribution in [-0.2, 0) is 13.1 Å². The molecule has 2 aliphatic rings. The minimum absolute atomic E-state index is 0.159. The van der Waals surface area contributed by atoms with Gasteiger partial charge in [0.15, 0.2) is 11.5 Å². The van der Waals surface area contributed by atoms with Crippen molar-refractivity contribution in [1.82, 2.24) is 9.88 Å². The van der Waals surface area contributed by atoms with E-state index in [-0.39, 0.29) is 5.75 Å². The van der Waals surface area contributed by atoms with Gasteiger partial charge in [-0.05, 0) is 47.5 Å². The van der Waals surface area contributed by atoms with Gasteiger partial charge >= 0.3 is 0 Å². The van der Waals surface area contributed by atoms with Crippen LogP contribution in [0.25, 0.3) is 11.1 Å². The van der Waals surface area contributed by atoms with E-state index in [1.807, 2.05) is 42.6 Å². The molecule has 6 rings (SSSR count). The number of ether oxygens (including phenoxy) is 2. The molecule has 0 unspecified atom stereocenters. The minimum Gasteiger partial charge on any atom is -0.504 e. The first-order chi connectivity index (χ1) is 16.2. The number of phenols is 1. The van der Waals surface area contributed by atoms with Gasteiger partial charge in [0.25, 0.3) is 0 Å². The van der Waals surface area contributed by atoms with Crippen LogP contribution >= 0.6 is 11.8 Å². The lowest BCUT2D eigenvalue weighted by molar-refractivity contribution is 0.217. The molecule has 0 atom stereocenters. The summed E-state index contributed by atoms with van der Waals surface area (Å²) in [6, 6.07) is 22.1. The molecule has 0 saturated heterocycles. The number of phenolic OH excluding ortho intramolecular Hbond substituents is 1. The molecule has 0 saturated carbocycles. The first-order valence-electron chi connectivity index (χ1n) is 10.9. The van der Waals surface area contributed by atoms with E-state index < -0.39 is 0 Å². The lowest BCUT2D eigenvalue weighted by Gasteiger charge is -2.23. The molecule has 0 aliphatic carbocycles. The fourth-order valence-electron chi connectivity index (χ4n) is 4.37. The maximum absolute atomic E-state index is 10.9.